The first-order chi connectivity index (χ1) is 21.1. The van der Waals surface area contributed by atoms with Crippen molar-refractivity contribution < 1.29 is 19.1 Å². The van der Waals surface area contributed by atoms with Crippen LogP contribution in [0, 0.1) is 52.3 Å². The van der Waals surface area contributed by atoms with Crippen LogP contribution in [0.2, 0.25) is 0 Å². The van der Waals surface area contributed by atoms with Gasteiger partial charge in [-0.1, -0.05) is 47.0 Å². The van der Waals surface area contributed by atoms with E-state index in [1.165, 1.54) is 51.4 Å². The first kappa shape index (κ1) is 31.3. The predicted octanol–water partition coefficient (Wildman–Crippen LogP) is 6.89. The Morgan fingerprint density at radius 3 is 2.36 bits per heavy atom. The molecule has 12 atom stereocenters. The van der Waals surface area contributed by atoms with Gasteiger partial charge in [0.1, 0.15) is 6.54 Å². The molecule has 0 bridgehead atoms. The summed E-state index contributed by atoms with van der Waals surface area (Å²) in [5.74, 6) is 4.39. The van der Waals surface area contributed by atoms with Crippen LogP contribution in [0.4, 0.5) is 4.79 Å². The summed E-state index contributed by atoms with van der Waals surface area (Å²) in [6.45, 7) is 11.0. The number of hydrogen-bond donors (Lipinski definition) is 2. The van der Waals surface area contributed by atoms with Gasteiger partial charge < -0.3 is 25.0 Å². The molecule has 5 saturated carbocycles. The molecule has 7 fully saturated rings. The molecule has 0 aromatic carbocycles. The van der Waals surface area contributed by atoms with Crippen LogP contribution < -0.4 is 10.6 Å². The molecule has 0 unspecified atom stereocenters. The maximum absolute atomic E-state index is 13.7. The Morgan fingerprint density at radius 1 is 0.864 bits per heavy atom. The van der Waals surface area contributed by atoms with E-state index in [0.717, 1.165) is 69.3 Å². The van der Waals surface area contributed by atoms with E-state index < -0.39 is 0 Å². The number of hydrogen-bond acceptors (Lipinski definition) is 4. The smallest absolute Gasteiger partial charge is 0.318 e. The van der Waals surface area contributed by atoms with Gasteiger partial charge in [0.05, 0.1) is 12.7 Å². The summed E-state index contributed by atoms with van der Waals surface area (Å²) in [6.07, 6.45) is 18.1. The summed E-state index contributed by atoms with van der Waals surface area (Å²) < 4.78 is 13.5. The molecule has 44 heavy (non-hydrogen) atoms. The van der Waals surface area contributed by atoms with Gasteiger partial charge in [0.15, 0.2) is 5.79 Å². The van der Waals surface area contributed by atoms with Crippen LogP contribution in [0.5, 0.6) is 0 Å². The maximum atomic E-state index is 13.7. The van der Waals surface area contributed by atoms with Crippen molar-refractivity contribution in [3.05, 3.63) is 0 Å². The van der Waals surface area contributed by atoms with Gasteiger partial charge in [-0.2, -0.15) is 0 Å². The van der Waals surface area contributed by atoms with Gasteiger partial charge >= 0.3 is 6.03 Å². The zero-order chi connectivity index (χ0) is 30.9. The third-order valence-corrected chi connectivity index (χ3v) is 15.1. The topological polar surface area (TPSA) is 79.9 Å². The normalized spacial score (nSPS) is 48.5. The van der Waals surface area contributed by atoms with Crippen molar-refractivity contribution in [2.24, 2.45) is 52.3 Å². The Hall–Kier alpha value is -1.34. The molecule has 7 aliphatic rings. The highest BCUT2D eigenvalue weighted by atomic mass is 16.7. The van der Waals surface area contributed by atoms with Crippen LogP contribution in [0.15, 0.2) is 0 Å². The monoisotopic (exact) mass is 611 g/mol. The molecule has 3 amide bonds. The predicted molar refractivity (Wildman–Crippen MR) is 172 cm³/mol. The average Bonchev–Trinajstić information content (AvgIpc) is 3.47. The molecule has 2 N–H and O–H groups in total. The van der Waals surface area contributed by atoms with Crippen molar-refractivity contribution in [3.63, 3.8) is 0 Å². The van der Waals surface area contributed by atoms with E-state index in [1.807, 2.05) is 4.90 Å². The molecule has 248 valence electrons. The zero-order valence-electron chi connectivity index (χ0n) is 28.4. The Bertz CT molecular complexity index is 1080. The van der Waals surface area contributed by atoms with Crippen LogP contribution in [-0.2, 0) is 14.3 Å². The third kappa shape index (κ3) is 5.04. The van der Waals surface area contributed by atoms with E-state index in [0.29, 0.717) is 40.6 Å². The lowest BCUT2D eigenvalue weighted by atomic mass is 9.44. The Kier molecular flexibility index (Phi) is 8.33. The van der Waals surface area contributed by atoms with Crippen molar-refractivity contribution in [2.45, 2.75) is 148 Å². The highest BCUT2D eigenvalue weighted by Crippen LogP contribution is 2.71. The minimum absolute atomic E-state index is 0.0167. The number of likely N-dealkylation sites (N-methyl/N-ethyl adjacent to an activating group) is 1. The van der Waals surface area contributed by atoms with Gasteiger partial charge in [-0.15, -0.1) is 0 Å². The van der Waals surface area contributed by atoms with Gasteiger partial charge in [0.2, 0.25) is 5.91 Å². The number of nitrogens with zero attached hydrogens (tertiary/aromatic N) is 1. The number of rotatable bonds is 4. The highest BCUT2D eigenvalue weighted by molar-refractivity contribution is 5.84. The summed E-state index contributed by atoms with van der Waals surface area (Å²) in [5.41, 5.74) is 0.730. The van der Waals surface area contributed by atoms with Crippen molar-refractivity contribution in [3.8, 4) is 0 Å². The van der Waals surface area contributed by atoms with Gasteiger partial charge in [0.25, 0.3) is 0 Å². The zero-order valence-corrected chi connectivity index (χ0v) is 28.4. The first-order valence-corrected chi connectivity index (χ1v) is 18.7. The minimum atomic E-state index is -0.327. The standard InChI is InChI=1S/C37H61N3O4/c1-23-13-18-37(43-22-23)24(2)33-31(44-37)20-30-28-12-11-25-19-26(14-16-35(25,3)29(28)15-17-36(30,33)4)39-34(42)40(21-32(41)38-5)27-9-7-6-8-10-27/h23-31,33H,6-22H2,1-5H3,(H,38,41)(H,39,42)/t23-,24-,25+,26+,28+,29-,30-,31-,33-,35-,36-,37+/m0/s1. The van der Waals surface area contributed by atoms with E-state index in [9.17, 15) is 9.59 Å². The van der Waals surface area contributed by atoms with Crippen molar-refractivity contribution in [2.75, 3.05) is 20.2 Å². The second kappa shape index (κ2) is 11.7. The molecule has 1 spiro atoms. The van der Waals surface area contributed by atoms with Gasteiger partial charge in [-0.25, -0.2) is 4.79 Å². The Balaban J connectivity index is 1.01. The van der Waals surface area contributed by atoms with Crippen LogP contribution in [0.1, 0.15) is 124 Å². The van der Waals surface area contributed by atoms with Crippen LogP contribution in [0.25, 0.3) is 0 Å². The summed E-state index contributed by atoms with van der Waals surface area (Å²) >= 11 is 0. The molecule has 7 nitrogen and oxygen atoms in total. The summed E-state index contributed by atoms with van der Waals surface area (Å²) in [6, 6.07) is 0.385. The lowest BCUT2D eigenvalue weighted by Gasteiger charge is -2.61. The number of nitrogens with one attached hydrogen (secondary N) is 2. The number of carbonyl (C=O) groups is 2. The number of ether oxygens (including phenoxy) is 2. The molecule has 0 aromatic rings. The fourth-order valence-corrected chi connectivity index (χ4v) is 12.7. The summed E-state index contributed by atoms with van der Waals surface area (Å²) in [5, 5.41) is 6.19. The molecule has 2 aliphatic heterocycles. The molecular formula is C37H61N3O4. The molecule has 0 aromatic heterocycles. The second-order valence-electron chi connectivity index (χ2n) is 17.2. The number of fused-ring (bicyclic) bond motifs is 7. The van der Waals surface area contributed by atoms with E-state index in [1.54, 1.807) is 7.05 Å². The third-order valence-electron chi connectivity index (χ3n) is 15.1. The van der Waals surface area contributed by atoms with Crippen molar-refractivity contribution in [1.29, 1.82) is 0 Å². The van der Waals surface area contributed by atoms with Crippen molar-refractivity contribution >= 4 is 11.9 Å². The summed E-state index contributed by atoms with van der Waals surface area (Å²) in [7, 11) is 1.67. The lowest BCUT2D eigenvalue weighted by molar-refractivity contribution is -0.273. The van der Waals surface area contributed by atoms with E-state index in [4.69, 9.17) is 9.47 Å². The minimum Gasteiger partial charge on any atom is -0.358 e. The number of urea groups is 1. The van der Waals surface area contributed by atoms with Crippen molar-refractivity contribution in [1.82, 2.24) is 15.5 Å². The summed E-state index contributed by atoms with van der Waals surface area (Å²) in [4.78, 5) is 27.9. The largest absolute Gasteiger partial charge is 0.358 e. The first-order valence-electron chi connectivity index (χ1n) is 18.7. The SMILES string of the molecule is CNC(=O)CN(C(=O)N[C@@H]1CC[C@@]2(C)[C@H](CC[C@@H]3[C@@H]2CC[C@]2(C)[C@@H]4[C@H](C[C@@H]32)O[C@]2(CC[C@H](C)CO2)[C@H]4C)C1)C1CCCCC1. The Labute approximate surface area is 266 Å². The maximum Gasteiger partial charge on any atom is 0.318 e. The van der Waals surface area contributed by atoms with Crippen LogP contribution in [-0.4, -0.2) is 61.0 Å². The highest BCUT2D eigenvalue weighted by Gasteiger charge is 2.69. The molecule has 2 heterocycles. The van der Waals surface area contributed by atoms with Gasteiger partial charge in [0, 0.05) is 31.5 Å². The molecule has 7 rings (SSSR count). The molecule has 2 saturated heterocycles. The van der Waals surface area contributed by atoms with Crippen LogP contribution in [0.3, 0.4) is 0 Å². The average molecular weight is 612 g/mol. The fraction of sp³-hybridized carbons (Fsp3) is 0.946. The van der Waals surface area contributed by atoms with Crippen LogP contribution >= 0.6 is 0 Å². The van der Waals surface area contributed by atoms with E-state index >= 15 is 0 Å². The number of carbonyl (C=O) groups excluding carboxylic acids is 2. The Morgan fingerprint density at radius 2 is 1.64 bits per heavy atom. The van der Waals surface area contributed by atoms with Gasteiger partial charge in [-0.3, -0.25) is 4.79 Å². The fourth-order valence-electron chi connectivity index (χ4n) is 12.7. The van der Waals surface area contributed by atoms with E-state index in [2.05, 4.69) is 38.3 Å². The quantitative estimate of drug-likeness (QED) is 0.363. The lowest BCUT2D eigenvalue weighted by Crippen LogP contribution is -2.57. The molecule has 7 heteroatoms. The second-order valence-corrected chi connectivity index (χ2v) is 17.2. The van der Waals surface area contributed by atoms with Gasteiger partial charge in [-0.05, 0) is 117 Å². The number of amides is 3. The molecule has 5 aliphatic carbocycles. The van der Waals surface area contributed by atoms with E-state index in [-0.39, 0.29) is 36.4 Å². The molecule has 0 radical (unpaired) electrons. The molecular weight excluding hydrogens is 550 g/mol.